The number of methoxy groups -OCH3 is 1. The van der Waals surface area contributed by atoms with Crippen molar-refractivity contribution in [3.63, 3.8) is 0 Å². The minimum absolute atomic E-state index is 0.167. The summed E-state index contributed by atoms with van der Waals surface area (Å²) in [6.45, 7) is 5.99. The molecule has 0 N–H and O–H groups in total. The first-order chi connectivity index (χ1) is 13.7. The third-order valence-electron chi connectivity index (χ3n) is 6.03. The van der Waals surface area contributed by atoms with Crippen LogP contribution >= 0.6 is 0 Å². The molecular weight excluding hydrogens is 358 g/mol. The van der Waals surface area contributed by atoms with Crippen molar-refractivity contribution in [2.45, 2.75) is 31.6 Å². The van der Waals surface area contributed by atoms with Crippen molar-refractivity contribution in [2.24, 2.45) is 0 Å². The molecule has 3 heterocycles. The largest absolute Gasteiger partial charge is 0.497 e. The van der Waals surface area contributed by atoms with Gasteiger partial charge in [-0.05, 0) is 43.7 Å². The summed E-state index contributed by atoms with van der Waals surface area (Å²) in [7, 11) is 1.68. The summed E-state index contributed by atoms with van der Waals surface area (Å²) < 4.78 is 16.7. The molecule has 0 bridgehead atoms. The smallest absolute Gasteiger partial charge is 0.236 e. The number of likely N-dealkylation sites (tertiary alicyclic amines) is 1. The van der Waals surface area contributed by atoms with Crippen LogP contribution in [0, 0.1) is 0 Å². The number of hydrogen-bond acceptors (Lipinski definition) is 6. The number of carbonyl (C=O) groups is 1. The van der Waals surface area contributed by atoms with Crippen molar-refractivity contribution in [2.75, 3.05) is 64.5 Å². The van der Waals surface area contributed by atoms with Gasteiger partial charge in [0.1, 0.15) is 5.75 Å². The number of hydrogen-bond donors (Lipinski definition) is 0. The topological polar surface area (TPSA) is 54.5 Å². The Labute approximate surface area is 167 Å². The van der Waals surface area contributed by atoms with Crippen molar-refractivity contribution >= 4 is 11.6 Å². The second kappa shape index (κ2) is 9.11. The summed E-state index contributed by atoms with van der Waals surface area (Å²) in [5, 5.41) is 0. The summed E-state index contributed by atoms with van der Waals surface area (Å²) in [5.41, 5.74) is 1.18. The van der Waals surface area contributed by atoms with E-state index in [-0.39, 0.29) is 18.2 Å². The van der Waals surface area contributed by atoms with Gasteiger partial charge in [-0.1, -0.05) is 6.42 Å². The summed E-state index contributed by atoms with van der Waals surface area (Å²) in [6.07, 6.45) is 3.20. The minimum atomic E-state index is -0.167. The van der Waals surface area contributed by atoms with Crippen LogP contribution in [0.5, 0.6) is 5.75 Å². The maximum absolute atomic E-state index is 12.9. The highest BCUT2D eigenvalue weighted by Crippen LogP contribution is 2.25. The van der Waals surface area contributed by atoms with E-state index in [4.69, 9.17) is 14.2 Å². The Hall–Kier alpha value is -1.83. The average Bonchev–Trinajstić information content (AvgIpc) is 3.29. The van der Waals surface area contributed by atoms with Crippen LogP contribution in [0.3, 0.4) is 0 Å². The van der Waals surface area contributed by atoms with Crippen molar-refractivity contribution < 1.29 is 19.0 Å². The standard InChI is InChI=1S/C21H31N3O4/c1-26-18-7-5-17(6-8-18)22-10-12-23(13-11-22)20(25)16-24-9-3-2-4-19(24)21-27-14-15-28-21/h5-8,19,21H,2-4,9-16H2,1H3. The van der Waals surface area contributed by atoms with Crippen molar-refractivity contribution in [1.29, 1.82) is 0 Å². The fourth-order valence-electron chi connectivity index (χ4n) is 4.40. The Kier molecular flexibility index (Phi) is 6.34. The molecule has 3 saturated heterocycles. The first-order valence-electron chi connectivity index (χ1n) is 10.4. The van der Waals surface area contributed by atoms with E-state index in [0.29, 0.717) is 19.8 Å². The lowest BCUT2D eigenvalue weighted by Gasteiger charge is -2.40. The van der Waals surface area contributed by atoms with Crippen LogP contribution in [0.1, 0.15) is 19.3 Å². The molecule has 1 aromatic rings. The van der Waals surface area contributed by atoms with Crippen molar-refractivity contribution in [1.82, 2.24) is 9.80 Å². The second-order valence-corrected chi connectivity index (χ2v) is 7.71. The lowest BCUT2D eigenvalue weighted by atomic mass is 10.0. The summed E-state index contributed by atoms with van der Waals surface area (Å²) in [6, 6.07) is 8.33. The number of benzene rings is 1. The lowest BCUT2D eigenvalue weighted by Crippen LogP contribution is -2.54. The Morgan fingerprint density at radius 2 is 1.75 bits per heavy atom. The highest BCUT2D eigenvalue weighted by molar-refractivity contribution is 5.78. The van der Waals surface area contributed by atoms with E-state index in [1.54, 1.807) is 7.11 Å². The molecule has 154 valence electrons. The number of piperazine rings is 1. The SMILES string of the molecule is COc1ccc(N2CCN(C(=O)CN3CCCCC3C3OCCO3)CC2)cc1. The van der Waals surface area contributed by atoms with Gasteiger partial charge in [-0.25, -0.2) is 0 Å². The number of nitrogens with zero attached hydrogens (tertiary/aromatic N) is 3. The fraction of sp³-hybridized carbons (Fsp3) is 0.667. The predicted molar refractivity (Wildman–Crippen MR) is 107 cm³/mol. The Morgan fingerprint density at radius 3 is 2.43 bits per heavy atom. The van der Waals surface area contributed by atoms with E-state index in [2.05, 4.69) is 21.9 Å². The number of carbonyl (C=O) groups excluding carboxylic acids is 1. The normalized spacial score (nSPS) is 24.5. The summed E-state index contributed by atoms with van der Waals surface area (Å²) in [5.74, 6) is 1.09. The molecule has 3 fully saturated rings. The van der Waals surface area contributed by atoms with Gasteiger partial charge in [0.05, 0.1) is 32.9 Å². The van der Waals surface area contributed by atoms with Gasteiger partial charge in [0, 0.05) is 31.9 Å². The zero-order chi connectivity index (χ0) is 19.3. The van der Waals surface area contributed by atoms with E-state index in [1.807, 2.05) is 17.0 Å². The van der Waals surface area contributed by atoms with Crippen LogP contribution in [-0.2, 0) is 14.3 Å². The van der Waals surface area contributed by atoms with Gasteiger partial charge >= 0.3 is 0 Å². The quantitative estimate of drug-likeness (QED) is 0.762. The molecular formula is C21H31N3O4. The van der Waals surface area contributed by atoms with Gasteiger partial charge in [-0.2, -0.15) is 0 Å². The fourth-order valence-corrected chi connectivity index (χ4v) is 4.40. The maximum atomic E-state index is 12.9. The van der Waals surface area contributed by atoms with Crippen LogP contribution in [-0.4, -0.2) is 87.6 Å². The number of piperidine rings is 1. The van der Waals surface area contributed by atoms with Gasteiger partial charge in [-0.3, -0.25) is 9.69 Å². The zero-order valence-corrected chi connectivity index (χ0v) is 16.7. The first-order valence-corrected chi connectivity index (χ1v) is 10.4. The molecule has 3 aliphatic heterocycles. The monoisotopic (exact) mass is 389 g/mol. The van der Waals surface area contributed by atoms with Crippen LogP contribution < -0.4 is 9.64 Å². The molecule has 1 amide bonds. The van der Waals surface area contributed by atoms with Gasteiger partial charge in [-0.15, -0.1) is 0 Å². The number of anilines is 1. The molecule has 28 heavy (non-hydrogen) atoms. The highest BCUT2D eigenvalue weighted by Gasteiger charge is 2.35. The van der Waals surface area contributed by atoms with Gasteiger partial charge < -0.3 is 24.0 Å². The Balaban J connectivity index is 1.29. The van der Waals surface area contributed by atoms with Crippen LogP contribution in [0.4, 0.5) is 5.69 Å². The summed E-state index contributed by atoms with van der Waals surface area (Å²) in [4.78, 5) is 19.5. The van der Waals surface area contributed by atoms with E-state index in [9.17, 15) is 4.79 Å². The molecule has 0 saturated carbocycles. The second-order valence-electron chi connectivity index (χ2n) is 7.71. The van der Waals surface area contributed by atoms with Crippen LogP contribution in [0.25, 0.3) is 0 Å². The molecule has 1 aromatic carbocycles. The predicted octanol–water partition coefficient (Wildman–Crippen LogP) is 1.57. The van der Waals surface area contributed by atoms with Gasteiger partial charge in [0.25, 0.3) is 0 Å². The minimum Gasteiger partial charge on any atom is -0.497 e. The lowest BCUT2D eigenvalue weighted by molar-refractivity contribution is -0.140. The van der Waals surface area contributed by atoms with Crippen LogP contribution in [0.2, 0.25) is 0 Å². The molecule has 7 nitrogen and oxygen atoms in total. The number of amides is 1. The Morgan fingerprint density at radius 1 is 1.04 bits per heavy atom. The van der Waals surface area contributed by atoms with Crippen molar-refractivity contribution in [3.05, 3.63) is 24.3 Å². The third kappa shape index (κ3) is 4.42. The van der Waals surface area contributed by atoms with Crippen molar-refractivity contribution in [3.8, 4) is 5.75 Å². The van der Waals surface area contributed by atoms with Gasteiger partial charge in [0.2, 0.25) is 5.91 Å². The molecule has 0 spiro atoms. The molecule has 3 aliphatic rings. The average molecular weight is 389 g/mol. The van der Waals surface area contributed by atoms with Crippen LogP contribution in [0.15, 0.2) is 24.3 Å². The first kappa shape index (κ1) is 19.5. The molecule has 0 aromatic heterocycles. The highest BCUT2D eigenvalue weighted by atomic mass is 16.7. The molecule has 0 aliphatic carbocycles. The third-order valence-corrected chi connectivity index (χ3v) is 6.03. The van der Waals surface area contributed by atoms with E-state index in [0.717, 1.165) is 51.3 Å². The Bertz CT molecular complexity index is 640. The molecule has 1 atom stereocenters. The molecule has 7 heteroatoms. The summed E-state index contributed by atoms with van der Waals surface area (Å²) >= 11 is 0. The van der Waals surface area contributed by atoms with E-state index in [1.165, 1.54) is 12.1 Å². The van der Waals surface area contributed by atoms with Gasteiger partial charge in [0.15, 0.2) is 6.29 Å². The zero-order valence-electron chi connectivity index (χ0n) is 16.7. The van der Waals surface area contributed by atoms with E-state index >= 15 is 0 Å². The molecule has 1 unspecified atom stereocenters. The van der Waals surface area contributed by atoms with E-state index < -0.39 is 0 Å². The number of rotatable bonds is 5. The molecule has 0 radical (unpaired) electrons. The maximum Gasteiger partial charge on any atom is 0.236 e. The number of ether oxygens (including phenoxy) is 3. The molecule has 4 rings (SSSR count).